The molecule has 2 atom stereocenters. The first-order chi connectivity index (χ1) is 6.07. The van der Waals surface area contributed by atoms with Crippen LogP contribution in [0.25, 0.3) is 0 Å². The van der Waals surface area contributed by atoms with Crippen molar-refractivity contribution in [3.05, 3.63) is 24.2 Å². The Labute approximate surface area is 77.4 Å². The van der Waals surface area contributed by atoms with Gasteiger partial charge in [0.1, 0.15) is 12.4 Å². The number of aliphatic hydroxyl groups excluding tert-OH is 3. The highest BCUT2D eigenvalue weighted by Gasteiger charge is 1.99. The highest BCUT2D eigenvalue weighted by Crippen LogP contribution is 1.96. The molecule has 0 radical (unpaired) electrons. The molecule has 13 heavy (non-hydrogen) atoms. The van der Waals surface area contributed by atoms with Gasteiger partial charge in [-0.05, 0) is 26.0 Å². The second kappa shape index (κ2) is 6.65. The molecule has 0 saturated carbocycles. The van der Waals surface area contributed by atoms with Crippen molar-refractivity contribution >= 4 is 0 Å². The smallest absolute Gasteiger partial charge is 0.129 e. The summed E-state index contributed by atoms with van der Waals surface area (Å²) in [6, 6.07) is 3.46. The average Bonchev–Trinajstić information content (AvgIpc) is 2.56. The predicted molar refractivity (Wildman–Crippen MR) is 48.0 cm³/mol. The summed E-state index contributed by atoms with van der Waals surface area (Å²) in [6.07, 6.45) is 0.348. The van der Waals surface area contributed by atoms with E-state index in [0.717, 1.165) is 0 Å². The lowest BCUT2D eigenvalue weighted by atomic mass is 10.3. The van der Waals surface area contributed by atoms with Crippen LogP contribution in [0.2, 0.25) is 0 Å². The van der Waals surface area contributed by atoms with Gasteiger partial charge in [-0.1, -0.05) is 0 Å². The van der Waals surface area contributed by atoms with Crippen molar-refractivity contribution < 1.29 is 19.7 Å². The van der Waals surface area contributed by atoms with Gasteiger partial charge in [-0.25, -0.2) is 0 Å². The summed E-state index contributed by atoms with van der Waals surface area (Å²) >= 11 is 0. The molecule has 2 unspecified atom stereocenters. The van der Waals surface area contributed by atoms with Gasteiger partial charge in [0.15, 0.2) is 0 Å². The Balaban J connectivity index is 0.000000226. The Bertz CT molecular complexity index is 185. The first kappa shape index (κ1) is 12.2. The van der Waals surface area contributed by atoms with Gasteiger partial charge in [-0.3, -0.25) is 0 Å². The van der Waals surface area contributed by atoms with Crippen LogP contribution in [0.5, 0.6) is 0 Å². The normalized spacial score (nSPS) is 14.2. The molecule has 0 bridgehead atoms. The maximum atomic E-state index is 8.38. The maximum Gasteiger partial charge on any atom is 0.129 e. The van der Waals surface area contributed by atoms with Crippen molar-refractivity contribution in [1.82, 2.24) is 0 Å². The van der Waals surface area contributed by atoms with E-state index in [0.29, 0.717) is 5.76 Å². The third-order valence-electron chi connectivity index (χ3n) is 1.43. The van der Waals surface area contributed by atoms with Gasteiger partial charge in [0, 0.05) is 0 Å². The van der Waals surface area contributed by atoms with Gasteiger partial charge in [0.2, 0.25) is 0 Å². The molecular weight excluding hydrogens is 172 g/mol. The largest absolute Gasteiger partial charge is 0.467 e. The summed E-state index contributed by atoms with van der Waals surface area (Å²) in [5.74, 6) is 0.611. The topological polar surface area (TPSA) is 73.8 Å². The van der Waals surface area contributed by atoms with E-state index >= 15 is 0 Å². The van der Waals surface area contributed by atoms with E-state index in [4.69, 9.17) is 19.7 Å². The summed E-state index contributed by atoms with van der Waals surface area (Å²) in [7, 11) is 0. The van der Waals surface area contributed by atoms with Gasteiger partial charge < -0.3 is 19.7 Å². The molecule has 0 spiro atoms. The summed E-state index contributed by atoms with van der Waals surface area (Å²) < 4.78 is 4.73. The molecule has 4 nitrogen and oxygen atoms in total. The summed E-state index contributed by atoms with van der Waals surface area (Å²) in [6.45, 7) is 3.09. The number of hydrogen-bond acceptors (Lipinski definition) is 4. The summed E-state index contributed by atoms with van der Waals surface area (Å²) in [4.78, 5) is 0. The zero-order valence-corrected chi connectivity index (χ0v) is 7.84. The number of hydrogen-bond donors (Lipinski definition) is 3. The summed E-state index contributed by atoms with van der Waals surface area (Å²) in [5.41, 5.74) is 0. The lowest BCUT2D eigenvalue weighted by Gasteiger charge is -2.03. The predicted octanol–water partition coefficient (Wildman–Crippen LogP) is 0.520. The molecule has 76 valence electrons. The molecule has 1 aromatic rings. The molecule has 1 aromatic heterocycles. The molecule has 0 aromatic carbocycles. The number of aliphatic hydroxyl groups is 3. The van der Waals surface area contributed by atoms with Crippen molar-refractivity contribution in [2.24, 2.45) is 0 Å². The van der Waals surface area contributed by atoms with Gasteiger partial charge in [0.05, 0.1) is 18.5 Å². The van der Waals surface area contributed by atoms with Crippen LogP contribution < -0.4 is 0 Å². The van der Waals surface area contributed by atoms with Crippen molar-refractivity contribution in [1.29, 1.82) is 0 Å². The van der Waals surface area contributed by atoms with Gasteiger partial charge in [-0.2, -0.15) is 0 Å². The second-order valence-electron chi connectivity index (χ2n) is 2.72. The quantitative estimate of drug-likeness (QED) is 0.632. The first-order valence-corrected chi connectivity index (χ1v) is 4.07. The maximum absolute atomic E-state index is 8.38. The van der Waals surface area contributed by atoms with Gasteiger partial charge in [-0.15, -0.1) is 0 Å². The minimum absolute atomic E-state index is 0.00694. The molecule has 0 saturated heterocycles. The van der Waals surface area contributed by atoms with E-state index in [1.807, 2.05) is 0 Å². The van der Waals surface area contributed by atoms with Crippen LogP contribution in [0.3, 0.4) is 0 Å². The lowest BCUT2D eigenvalue weighted by Crippen LogP contribution is -2.17. The standard InChI is InChI=1S/C5H6O2.C4H10O2/c6-4-5-2-1-3-7-5;1-3(5)4(2)6/h1-3,6H,4H2;3-6H,1-2H3. The Morgan fingerprint density at radius 1 is 1.31 bits per heavy atom. The monoisotopic (exact) mass is 188 g/mol. The van der Waals surface area contributed by atoms with Crippen molar-refractivity contribution in [2.75, 3.05) is 0 Å². The fourth-order valence-corrected chi connectivity index (χ4v) is 0.403. The van der Waals surface area contributed by atoms with E-state index < -0.39 is 12.2 Å². The number of furan rings is 1. The fraction of sp³-hybridized carbons (Fsp3) is 0.556. The first-order valence-electron chi connectivity index (χ1n) is 4.07. The Kier molecular flexibility index (Phi) is 6.22. The zero-order valence-electron chi connectivity index (χ0n) is 7.84. The third-order valence-corrected chi connectivity index (χ3v) is 1.43. The highest BCUT2D eigenvalue weighted by molar-refractivity contribution is 4.95. The Hall–Kier alpha value is -0.840. The van der Waals surface area contributed by atoms with Crippen LogP contribution in [0.15, 0.2) is 22.8 Å². The van der Waals surface area contributed by atoms with Gasteiger partial charge in [0.25, 0.3) is 0 Å². The average molecular weight is 188 g/mol. The number of rotatable bonds is 2. The van der Waals surface area contributed by atoms with Crippen LogP contribution in [0.1, 0.15) is 19.6 Å². The second-order valence-corrected chi connectivity index (χ2v) is 2.72. The molecule has 4 heteroatoms. The molecule has 1 heterocycles. The van der Waals surface area contributed by atoms with Crippen molar-refractivity contribution in [3.63, 3.8) is 0 Å². The highest BCUT2D eigenvalue weighted by atomic mass is 16.4. The minimum Gasteiger partial charge on any atom is -0.467 e. The minimum atomic E-state index is -0.593. The van der Waals surface area contributed by atoms with E-state index in [-0.39, 0.29) is 6.61 Å². The molecule has 0 aliphatic carbocycles. The third kappa shape index (κ3) is 6.33. The molecule has 0 aliphatic rings. The Morgan fingerprint density at radius 3 is 2.00 bits per heavy atom. The molecule has 0 aliphatic heterocycles. The lowest BCUT2D eigenvalue weighted by molar-refractivity contribution is 0.0438. The molecule has 0 fully saturated rings. The van der Waals surface area contributed by atoms with Crippen LogP contribution in [0.4, 0.5) is 0 Å². The molecular formula is C9H16O4. The van der Waals surface area contributed by atoms with Crippen LogP contribution in [-0.2, 0) is 6.61 Å². The van der Waals surface area contributed by atoms with E-state index in [9.17, 15) is 0 Å². The van der Waals surface area contributed by atoms with Crippen LogP contribution >= 0.6 is 0 Å². The van der Waals surface area contributed by atoms with E-state index in [2.05, 4.69) is 0 Å². The van der Waals surface area contributed by atoms with Crippen molar-refractivity contribution in [2.45, 2.75) is 32.7 Å². The summed E-state index contributed by atoms with van der Waals surface area (Å²) in [5, 5.41) is 25.1. The molecule has 3 N–H and O–H groups in total. The van der Waals surface area contributed by atoms with Crippen LogP contribution in [-0.4, -0.2) is 27.5 Å². The van der Waals surface area contributed by atoms with E-state index in [1.54, 1.807) is 26.0 Å². The molecule has 1 rings (SSSR count). The fourth-order valence-electron chi connectivity index (χ4n) is 0.403. The van der Waals surface area contributed by atoms with Gasteiger partial charge >= 0.3 is 0 Å². The Morgan fingerprint density at radius 2 is 1.85 bits per heavy atom. The molecule has 0 amide bonds. The van der Waals surface area contributed by atoms with Crippen LogP contribution in [0, 0.1) is 0 Å². The van der Waals surface area contributed by atoms with E-state index in [1.165, 1.54) is 6.26 Å². The zero-order chi connectivity index (χ0) is 10.3. The SMILES string of the molecule is CC(O)C(C)O.OCc1ccco1. The van der Waals surface area contributed by atoms with Crippen molar-refractivity contribution in [3.8, 4) is 0 Å².